The van der Waals surface area contributed by atoms with Gasteiger partial charge in [0.2, 0.25) is 0 Å². The average molecular weight is 324 g/mol. The van der Waals surface area contributed by atoms with E-state index >= 15 is 0 Å². The smallest absolute Gasteiger partial charge is 0.268 e. The zero-order valence-corrected chi connectivity index (χ0v) is 14.6. The molecule has 0 aliphatic carbocycles. The van der Waals surface area contributed by atoms with E-state index in [0.717, 1.165) is 29.0 Å². The summed E-state index contributed by atoms with van der Waals surface area (Å²) in [5.74, 6) is 1.18. The highest BCUT2D eigenvalue weighted by atomic mass is 16.2. The topological polar surface area (TPSA) is 62.7 Å². The number of aromatic amines is 1. The second kappa shape index (κ2) is 6.51. The molecule has 5 nitrogen and oxygen atoms in total. The summed E-state index contributed by atoms with van der Waals surface area (Å²) in [5.41, 5.74) is 3.64. The first kappa shape index (κ1) is 16.3. The van der Waals surface area contributed by atoms with Crippen LogP contribution in [0, 0.1) is 12.8 Å². The maximum Gasteiger partial charge on any atom is 0.268 e. The van der Waals surface area contributed by atoms with Crippen LogP contribution in [0.25, 0.3) is 11.0 Å². The number of imidazole rings is 1. The maximum atomic E-state index is 12.7. The fraction of sp³-hybridized carbons (Fsp3) is 0.368. The summed E-state index contributed by atoms with van der Waals surface area (Å²) in [4.78, 5) is 20.7. The van der Waals surface area contributed by atoms with E-state index in [0.29, 0.717) is 11.6 Å². The summed E-state index contributed by atoms with van der Waals surface area (Å²) in [5, 5.41) is 3.14. The first-order valence-electron chi connectivity index (χ1n) is 8.33. The van der Waals surface area contributed by atoms with Crippen molar-refractivity contribution in [2.75, 3.05) is 0 Å². The van der Waals surface area contributed by atoms with E-state index in [9.17, 15) is 4.79 Å². The number of carbonyl (C=O) groups excluding carboxylic acids is 1. The number of hydrogen-bond acceptors (Lipinski definition) is 2. The van der Waals surface area contributed by atoms with E-state index in [1.807, 2.05) is 54.9 Å². The molecule has 0 fully saturated rings. The first-order valence-corrected chi connectivity index (χ1v) is 8.33. The van der Waals surface area contributed by atoms with Gasteiger partial charge in [-0.3, -0.25) is 4.79 Å². The lowest BCUT2D eigenvalue weighted by molar-refractivity contribution is 0.0921. The minimum Gasteiger partial charge on any atom is -0.344 e. The highest BCUT2D eigenvalue weighted by molar-refractivity contribution is 5.93. The van der Waals surface area contributed by atoms with Gasteiger partial charge in [0, 0.05) is 12.7 Å². The molecule has 1 amide bonds. The third-order valence-electron chi connectivity index (χ3n) is 4.36. The molecule has 2 N–H and O–H groups in total. The fourth-order valence-electron chi connectivity index (χ4n) is 2.92. The van der Waals surface area contributed by atoms with Crippen molar-refractivity contribution >= 4 is 16.9 Å². The number of aromatic nitrogens is 3. The molecule has 0 bridgehead atoms. The van der Waals surface area contributed by atoms with E-state index in [1.54, 1.807) is 0 Å². The van der Waals surface area contributed by atoms with Gasteiger partial charge in [0.1, 0.15) is 11.5 Å². The quantitative estimate of drug-likeness (QED) is 0.751. The van der Waals surface area contributed by atoms with Gasteiger partial charge in [-0.25, -0.2) is 4.98 Å². The molecular formula is C19H24N4O. The number of rotatable bonds is 5. The van der Waals surface area contributed by atoms with Crippen molar-refractivity contribution in [1.82, 2.24) is 19.9 Å². The van der Waals surface area contributed by atoms with E-state index in [2.05, 4.69) is 29.1 Å². The number of H-pyrrole nitrogens is 1. The predicted octanol–water partition coefficient (Wildman–Crippen LogP) is 3.73. The third kappa shape index (κ3) is 3.20. The van der Waals surface area contributed by atoms with Crippen molar-refractivity contribution in [1.29, 1.82) is 0 Å². The Bertz CT molecular complexity index is 826. The van der Waals surface area contributed by atoms with Gasteiger partial charge in [0.05, 0.1) is 17.1 Å². The Balaban J connectivity index is 1.88. The molecular weight excluding hydrogens is 300 g/mol. The van der Waals surface area contributed by atoms with Gasteiger partial charge < -0.3 is 14.9 Å². The van der Waals surface area contributed by atoms with Crippen molar-refractivity contribution < 1.29 is 4.79 Å². The van der Waals surface area contributed by atoms with Crippen LogP contribution in [0.1, 0.15) is 48.3 Å². The summed E-state index contributed by atoms with van der Waals surface area (Å²) in [6.45, 7) is 6.28. The largest absolute Gasteiger partial charge is 0.344 e. The molecule has 126 valence electrons. The van der Waals surface area contributed by atoms with Crippen LogP contribution in [0.5, 0.6) is 0 Å². The van der Waals surface area contributed by atoms with Gasteiger partial charge in [0.25, 0.3) is 5.91 Å². The number of fused-ring (bicyclic) bond motifs is 1. The summed E-state index contributed by atoms with van der Waals surface area (Å²) in [6, 6.07) is 11.6. The van der Waals surface area contributed by atoms with Gasteiger partial charge >= 0.3 is 0 Å². The number of amides is 1. The molecule has 1 aromatic carbocycles. The van der Waals surface area contributed by atoms with Crippen LogP contribution >= 0.6 is 0 Å². The molecule has 5 heteroatoms. The molecule has 3 rings (SSSR count). The average Bonchev–Trinajstić information content (AvgIpc) is 3.10. The van der Waals surface area contributed by atoms with Crippen LogP contribution in [0.4, 0.5) is 0 Å². The second-order valence-electron chi connectivity index (χ2n) is 6.71. The number of nitrogens with zero attached hydrogens (tertiary/aromatic N) is 2. The highest BCUT2D eigenvalue weighted by Gasteiger charge is 2.21. The summed E-state index contributed by atoms with van der Waals surface area (Å²) < 4.78 is 1.90. The molecule has 3 aromatic rings. The Morgan fingerprint density at radius 2 is 2.00 bits per heavy atom. The van der Waals surface area contributed by atoms with Crippen LogP contribution in [0.3, 0.4) is 0 Å². The van der Waals surface area contributed by atoms with Crippen molar-refractivity contribution in [3.05, 3.63) is 53.6 Å². The lowest BCUT2D eigenvalue weighted by atomic mass is 10.0. The molecule has 0 spiro atoms. The molecule has 0 saturated heterocycles. The Labute approximate surface area is 142 Å². The van der Waals surface area contributed by atoms with Gasteiger partial charge in [-0.05, 0) is 43.5 Å². The molecule has 0 aliphatic rings. The lowest BCUT2D eigenvalue weighted by Crippen LogP contribution is -2.31. The summed E-state index contributed by atoms with van der Waals surface area (Å²) >= 11 is 0. The van der Waals surface area contributed by atoms with Gasteiger partial charge in [-0.2, -0.15) is 0 Å². The van der Waals surface area contributed by atoms with Crippen LogP contribution in [-0.2, 0) is 7.05 Å². The Morgan fingerprint density at radius 3 is 2.62 bits per heavy atom. The van der Waals surface area contributed by atoms with Gasteiger partial charge in [0.15, 0.2) is 0 Å². The monoisotopic (exact) mass is 324 g/mol. The number of para-hydroxylation sites is 2. The molecule has 0 radical (unpaired) electrons. The van der Waals surface area contributed by atoms with E-state index in [1.165, 1.54) is 0 Å². The number of aryl methyl sites for hydroxylation is 1. The van der Waals surface area contributed by atoms with E-state index in [-0.39, 0.29) is 11.9 Å². The van der Waals surface area contributed by atoms with Crippen molar-refractivity contribution in [3.8, 4) is 0 Å². The number of carbonyl (C=O) groups is 1. The molecule has 24 heavy (non-hydrogen) atoms. The van der Waals surface area contributed by atoms with Gasteiger partial charge in [-0.15, -0.1) is 0 Å². The fourth-order valence-corrected chi connectivity index (χ4v) is 2.92. The van der Waals surface area contributed by atoms with Crippen molar-refractivity contribution in [3.63, 3.8) is 0 Å². The van der Waals surface area contributed by atoms with Crippen molar-refractivity contribution in [2.45, 2.75) is 33.2 Å². The van der Waals surface area contributed by atoms with Crippen LogP contribution in [0.15, 0.2) is 36.4 Å². The Kier molecular flexibility index (Phi) is 4.42. The molecule has 2 heterocycles. The van der Waals surface area contributed by atoms with E-state index in [4.69, 9.17) is 0 Å². The summed E-state index contributed by atoms with van der Waals surface area (Å²) in [7, 11) is 1.91. The molecule has 2 aromatic heterocycles. The molecule has 1 unspecified atom stereocenters. The number of benzene rings is 1. The highest BCUT2D eigenvalue weighted by Crippen LogP contribution is 2.22. The van der Waals surface area contributed by atoms with E-state index < -0.39 is 0 Å². The predicted molar refractivity (Wildman–Crippen MR) is 95.9 cm³/mol. The molecule has 1 atom stereocenters. The number of hydrogen-bond donors (Lipinski definition) is 2. The lowest BCUT2D eigenvalue weighted by Gasteiger charge is -2.19. The zero-order chi connectivity index (χ0) is 17.3. The normalized spacial score (nSPS) is 12.7. The minimum absolute atomic E-state index is 0.0725. The Morgan fingerprint density at radius 1 is 1.25 bits per heavy atom. The summed E-state index contributed by atoms with van der Waals surface area (Å²) in [6.07, 6.45) is 0.828. The van der Waals surface area contributed by atoms with Crippen molar-refractivity contribution in [2.24, 2.45) is 13.0 Å². The minimum atomic E-state index is -0.139. The first-order chi connectivity index (χ1) is 11.5. The Hall–Kier alpha value is -2.56. The second-order valence-corrected chi connectivity index (χ2v) is 6.71. The number of nitrogens with one attached hydrogen (secondary N) is 2. The standard InChI is InChI=1S/C19H24N4O/c1-12(2)11-16(18-20-14-7-5-6-8-15(14)21-18)22-19(24)17-10-9-13(3)23(17)4/h5-10,12,16H,11H2,1-4H3,(H,20,21)(H,22,24). The molecule has 0 aliphatic heterocycles. The van der Waals surface area contributed by atoms with Gasteiger partial charge in [-0.1, -0.05) is 26.0 Å². The van der Waals surface area contributed by atoms with Crippen LogP contribution in [0.2, 0.25) is 0 Å². The zero-order valence-electron chi connectivity index (χ0n) is 14.6. The van der Waals surface area contributed by atoms with Crippen LogP contribution < -0.4 is 5.32 Å². The maximum absolute atomic E-state index is 12.7. The third-order valence-corrected chi connectivity index (χ3v) is 4.36. The van der Waals surface area contributed by atoms with Crippen LogP contribution in [-0.4, -0.2) is 20.4 Å². The molecule has 0 saturated carbocycles. The SMILES string of the molecule is Cc1ccc(C(=O)NC(CC(C)C)c2nc3ccccc3[nH]2)n1C.